The summed E-state index contributed by atoms with van der Waals surface area (Å²) in [5.74, 6) is 1.48. The monoisotopic (exact) mass is 329 g/mol. The summed E-state index contributed by atoms with van der Waals surface area (Å²) < 4.78 is 11.1. The molecule has 24 heavy (non-hydrogen) atoms. The van der Waals surface area contributed by atoms with Gasteiger partial charge in [0.15, 0.2) is 11.5 Å². The Morgan fingerprint density at radius 3 is 2.54 bits per heavy atom. The molecule has 1 amide bonds. The second-order valence-corrected chi connectivity index (χ2v) is 5.74. The predicted octanol–water partition coefficient (Wildman–Crippen LogP) is 3.15. The molecule has 2 aromatic rings. The SMILES string of the molecule is COc1cc([C@@H](C)Nc2cc(C(N)=O)ccn2)ccc1OC(C)C. The lowest BCUT2D eigenvalue weighted by Gasteiger charge is -2.18. The van der Waals surface area contributed by atoms with Gasteiger partial charge in [0, 0.05) is 11.8 Å². The van der Waals surface area contributed by atoms with Crippen molar-refractivity contribution >= 4 is 11.7 Å². The molecule has 2 rings (SSSR count). The molecule has 0 spiro atoms. The highest BCUT2D eigenvalue weighted by Crippen LogP contribution is 2.31. The molecule has 0 fully saturated rings. The van der Waals surface area contributed by atoms with Crippen LogP contribution in [0, 0.1) is 0 Å². The largest absolute Gasteiger partial charge is 0.493 e. The molecule has 128 valence electrons. The molecule has 0 saturated heterocycles. The Kier molecular flexibility index (Phi) is 5.63. The number of pyridine rings is 1. The lowest BCUT2D eigenvalue weighted by atomic mass is 10.1. The number of aromatic nitrogens is 1. The predicted molar refractivity (Wildman–Crippen MR) is 93.6 cm³/mol. The number of methoxy groups -OCH3 is 1. The van der Waals surface area contributed by atoms with Crippen LogP contribution >= 0.6 is 0 Å². The zero-order valence-electron chi connectivity index (χ0n) is 14.4. The molecule has 0 unspecified atom stereocenters. The number of carbonyl (C=O) groups excluding carboxylic acids is 1. The van der Waals surface area contributed by atoms with Gasteiger partial charge in [0.05, 0.1) is 19.3 Å². The maximum Gasteiger partial charge on any atom is 0.248 e. The van der Waals surface area contributed by atoms with E-state index in [9.17, 15) is 4.79 Å². The van der Waals surface area contributed by atoms with Gasteiger partial charge in [-0.25, -0.2) is 4.98 Å². The molecule has 0 aliphatic carbocycles. The number of rotatable bonds is 7. The standard InChI is InChI=1S/C18H23N3O3/c1-11(2)24-15-6-5-13(9-16(15)23-4)12(3)21-17-10-14(18(19)22)7-8-20-17/h5-12H,1-4H3,(H2,19,22)(H,20,21)/t12-/m1/s1. The van der Waals surface area contributed by atoms with Gasteiger partial charge in [-0.05, 0) is 50.6 Å². The first kappa shape index (κ1) is 17.6. The number of nitrogens with two attached hydrogens (primary N) is 1. The van der Waals surface area contributed by atoms with Gasteiger partial charge in [-0.2, -0.15) is 0 Å². The van der Waals surface area contributed by atoms with E-state index >= 15 is 0 Å². The van der Waals surface area contributed by atoms with Crippen molar-refractivity contribution in [3.05, 3.63) is 47.7 Å². The van der Waals surface area contributed by atoms with Crippen LogP contribution in [0.1, 0.15) is 42.7 Å². The molecule has 3 N–H and O–H groups in total. The second kappa shape index (κ2) is 7.68. The smallest absolute Gasteiger partial charge is 0.248 e. The van der Waals surface area contributed by atoms with Gasteiger partial charge in [0.1, 0.15) is 5.82 Å². The number of primary amides is 1. The van der Waals surface area contributed by atoms with Crippen LogP contribution < -0.4 is 20.5 Å². The Morgan fingerprint density at radius 1 is 1.17 bits per heavy atom. The molecular weight excluding hydrogens is 306 g/mol. The maximum absolute atomic E-state index is 11.3. The van der Waals surface area contributed by atoms with E-state index in [-0.39, 0.29) is 12.1 Å². The highest BCUT2D eigenvalue weighted by atomic mass is 16.5. The van der Waals surface area contributed by atoms with Gasteiger partial charge in [-0.3, -0.25) is 4.79 Å². The van der Waals surface area contributed by atoms with Crippen LogP contribution in [0.4, 0.5) is 5.82 Å². The topological polar surface area (TPSA) is 86.5 Å². The minimum absolute atomic E-state index is 0.0392. The molecule has 0 radical (unpaired) electrons. The third-order valence-corrected chi connectivity index (χ3v) is 3.46. The zero-order valence-corrected chi connectivity index (χ0v) is 14.4. The number of nitrogens with zero attached hydrogens (tertiary/aromatic N) is 1. The number of amides is 1. The van der Waals surface area contributed by atoms with Gasteiger partial charge in [0.25, 0.3) is 0 Å². The summed E-state index contributed by atoms with van der Waals surface area (Å²) in [4.78, 5) is 15.5. The average molecular weight is 329 g/mol. The Bertz CT molecular complexity index is 716. The number of nitrogens with one attached hydrogen (secondary N) is 1. The number of carbonyl (C=O) groups is 1. The number of hydrogen-bond donors (Lipinski definition) is 2. The molecule has 1 aromatic carbocycles. The van der Waals surface area contributed by atoms with Crippen LogP contribution in [0.2, 0.25) is 0 Å². The van der Waals surface area contributed by atoms with Crippen molar-refractivity contribution in [2.24, 2.45) is 5.73 Å². The molecule has 1 heterocycles. The summed E-state index contributed by atoms with van der Waals surface area (Å²) in [6, 6.07) is 8.96. The fourth-order valence-electron chi connectivity index (χ4n) is 2.27. The third kappa shape index (κ3) is 4.38. The van der Waals surface area contributed by atoms with Crippen LogP contribution in [0.25, 0.3) is 0 Å². The van der Waals surface area contributed by atoms with E-state index in [0.29, 0.717) is 22.9 Å². The summed E-state index contributed by atoms with van der Waals surface area (Å²) in [5, 5.41) is 3.25. The summed E-state index contributed by atoms with van der Waals surface area (Å²) >= 11 is 0. The number of ether oxygens (including phenoxy) is 2. The lowest BCUT2D eigenvalue weighted by Crippen LogP contribution is -2.13. The zero-order chi connectivity index (χ0) is 17.7. The van der Waals surface area contributed by atoms with Crippen molar-refractivity contribution in [3.8, 4) is 11.5 Å². The third-order valence-electron chi connectivity index (χ3n) is 3.46. The summed E-state index contributed by atoms with van der Waals surface area (Å²) in [6.45, 7) is 5.93. The summed E-state index contributed by atoms with van der Waals surface area (Å²) in [6.07, 6.45) is 1.62. The van der Waals surface area contributed by atoms with E-state index in [4.69, 9.17) is 15.2 Å². The van der Waals surface area contributed by atoms with E-state index in [2.05, 4.69) is 10.3 Å². The maximum atomic E-state index is 11.3. The van der Waals surface area contributed by atoms with Crippen LogP contribution in [0.3, 0.4) is 0 Å². The molecule has 1 aromatic heterocycles. The first-order chi connectivity index (χ1) is 11.4. The molecule has 1 atom stereocenters. The molecular formula is C18H23N3O3. The highest BCUT2D eigenvalue weighted by molar-refractivity contribution is 5.93. The number of anilines is 1. The average Bonchev–Trinajstić information content (AvgIpc) is 2.54. The second-order valence-electron chi connectivity index (χ2n) is 5.74. The first-order valence-corrected chi connectivity index (χ1v) is 7.77. The van der Waals surface area contributed by atoms with E-state index in [1.165, 1.54) is 0 Å². The Labute approximate surface area is 142 Å². The normalized spacial score (nSPS) is 11.9. The van der Waals surface area contributed by atoms with Gasteiger partial charge < -0.3 is 20.5 Å². The fraction of sp³-hybridized carbons (Fsp3) is 0.333. The molecule has 0 bridgehead atoms. The first-order valence-electron chi connectivity index (χ1n) is 7.77. The van der Waals surface area contributed by atoms with E-state index in [0.717, 1.165) is 5.56 Å². The van der Waals surface area contributed by atoms with Crippen molar-refractivity contribution in [2.45, 2.75) is 32.9 Å². The molecule has 6 heteroatoms. The van der Waals surface area contributed by atoms with Crippen molar-refractivity contribution < 1.29 is 14.3 Å². The number of hydrogen-bond acceptors (Lipinski definition) is 5. The van der Waals surface area contributed by atoms with Crippen LogP contribution in [-0.2, 0) is 0 Å². The van der Waals surface area contributed by atoms with Crippen molar-refractivity contribution in [2.75, 3.05) is 12.4 Å². The molecule has 0 aliphatic rings. The minimum atomic E-state index is -0.482. The Morgan fingerprint density at radius 2 is 1.92 bits per heavy atom. The number of benzene rings is 1. The van der Waals surface area contributed by atoms with Crippen molar-refractivity contribution in [3.63, 3.8) is 0 Å². The van der Waals surface area contributed by atoms with Gasteiger partial charge in [0.2, 0.25) is 5.91 Å². The van der Waals surface area contributed by atoms with E-state index < -0.39 is 5.91 Å². The van der Waals surface area contributed by atoms with Gasteiger partial charge in [-0.1, -0.05) is 6.07 Å². The summed E-state index contributed by atoms with van der Waals surface area (Å²) in [5.41, 5.74) is 6.72. The summed E-state index contributed by atoms with van der Waals surface area (Å²) in [7, 11) is 1.61. The molecule has 6 nitrogen and oxygen atoms in total. The Hall–Kier alpha value is -2.76. The van der Waals surface area contributed by atoms with E-state index in [1.54, 1.807) is 25.4 Å². The molecule has 0 aliphatic heterocycles. The lowest BCUT2D eigenvalue weighted by molar-refractivity contribution is 0.1000. The van der Waals surface area contributed by atoms with Crippen LogP contribution in [0.15, 0.2) is 36.5 Å². The van der Waals surface area contributed by atoms with Crippen molar-refractivity contribution in [1.82, 2.24) is 4.98 Å². The minimum Gasteiger partial charge on any atom is -0.493 e. The highest BCUT2D eigenvalue weighted by Gasteiger charge is 2.12. The van der Waals surface area contributed by atoms with Gasteiger partial charge >= 0.3 is 0 Å². The molecule has 0 saturated carbocycles. The van der Waals surface area contributed by atoms with Crippen LogP contribution in [0.5, 0.6) is 11.5 Å². The van der Waals surface area contributed by atoms with Crippen molar-refractivity contribution in [1.29, 1.82) is 0 Å². The van der Waals surface area contributed by atoms with Crippen LogP contribution in [-0.4, -0.2) is 24.1 Å². The van der Waals surface area contributed by atoms with Gasteiger partial charge in [-0.15, -0.1) is 0 Å². The quantitative estimate of drug-likeness (QED) is 0.815. The fourth-order valence-corrected chi connectivity index (χ4v) is 2.27. The Balaban J connectivity index is 2.19. The van der Waals surface area contributed by atoms with E-state index in [1.807, 2.05) is 39.0 Å².